The highest BCUT2D eigenvalue weighted by molar-refractivity contribution is 5.97. The fourth-order valence-corrected chi connectivity index (χ4v) is 2.11. The quantitative estimate of drug-likeness (QED) is 0.548. The molecule has 0 bridgehead atoms. The Bertz CT molecular complexity index is 615. The maximum absolute atomic E-state index is 12.3. The smallest absolute Gasteiger partial charge is 0.188 e. The van der Waals surface area contributed by atoms with Gasteiger partial charge < -0.3 is 14.2 Å². The summed E-state index contributed by atoms with van der Waals surface area (Å²) in [5.74, 6) is 1.57. The Morgan fingerprint density at radius 1 is 0.957 bits per heavy atom. The predicted octanol–water partition coefficient (Wildman–Crippen LogP) is 3.88. The van der Waals surface area contributed by atoms with Crippen LogP contribution in [0.15, 0.2) is 48.5 Å². The molecule has 2 rings (SSSR count). The van der Waals surface area contributed by atoms with Crippen LogP contribution in [0.4, 0.5) is 0 Å². The molecular weight excluding hydrogens is 292 g/mol. The second-order valence-corrected chi connectivity index (χ2v) is 5.49. The highest BCUT2D eigenvalue weighted by Crippen LogP contribution is 2.17. The summed E-state index contributed by atoms with van der Waals surface area (Å²) in [6.07, 6.45) is 0.501. The second-order valence-electron chi connectivity index (χ2n) is 5.49. The number of hydrogen-bond acceptors (Lipinski definition) is 4. The zero-order valence-corrected chi connectivity index (χ0v) is 13.7. The molecule has 2 aromatic carbocycles. The van der Waals surface area contributed by atoms with Crippen LogP contribution in [0.1, 0.15) is 29.8 Å². The molecule has 0 amide bonds. The molecule has 0 saturated carbocycles. The standard InChI is InChI=1S/C19H22O4/c1-14(2)23-18-8-4-15(5-9-18)12-19(20)16-6-10-17(11-7-16)22-13-21-3/h4-11,14H,12-13H2,1-3H3. The minimum absolute atomic E-state index is 0.0702. The number of ketones is 1. The fourth-order valence-electron chi connectivity index (χ4n) is 2.11. The molecule has 0 aliphatic heterocycles. The molecule has 0 heterocycles. The summed E-state index contributed by atoms with van der Waals surface area (Å²) in [5, 5.41) is 0. The molecule has 0 N–H and O–H groups in total. The third-order valence-corrected chi connectivity index (χ3v) is 3.18. The largest absolute Gasteiger partial charge is 0.491 e. The Balaban J connectivity index is 1.95. The highest BCUT2D eigenvalue weighted by Gasteiger charge is 2.08. The third kappa shape index (κ3) is 5.42. The van der Waals surface area contributed by atoms with Gasteiger partial charge in [-0.05, 0) is 55.8 Å². The number of rotatable bonds is 8. The lowest BCUT2D eigenvalue weighted by Gasteiger charge is -2.10. The van der Waals surface area contributed by atoms with Crippen molar-refractivity contribution in [3.63, 3.8) is 0 Å². The van der Waals surface area contributed by atoms with Crippen molar-refractivity contribution in [2.24, 2.45) is 0 Å². The van der Waals surface area contributed by atoms with Crippen molar-refractivity contribution >= 4 is 5.78 Å². The van der Waals surface area contributed by atoms with Gasteiger partial charge in [0.15, 0.2) is 12.6 Å². The van der Waals surface area contributed by atoms with Crippen molar-refractivity contribution in [1.82, 2.24) is 0 Å². The minimum Gasteiger partial charge on any atom is -0.491 e. The summed E-state index contributed by atoms with van der Waals surface area (Å²) in [7, 11) is 1.56. The van der Waals surface area contributed by atoms with Crippen molar-refractivity contribution < 1.29 is 19.0 Å². The van der Waals surface area contributed by atoms with Gasteiger partial charge in [-0.1, -0.05) is 12.1 Å². The van der Waals surface area contributed by atoms with Gasteiger partial charge in [-0.15, -0.1) is 0 Å². The molecule has 0 radical (unpaired) electrons. The molecule has 23 heavy (non-hydrogen) atoms. The Morgan fingerprint density at radius 2 is 1.57 bits per heavy atom. The molecule has 0 fully saturated rings. The van der Waals surface area contributed by atoms with Crippen LogP contribution in [0, 0.1) is 0 Å². The van der Waals surface area contributed by atoms with E-state index in [1.165, 1.54) is 0 Å². The van der Waals surface area contributed by atoms with E-state index in [1.54, 1.807) is 31.4 Å². The normalized spacial score (nSPS) is 10.6. The zero-order valence-electron chi connectivity index (χ0n) is 13.7. The van der Waals surface area contributed by atoms with Crippen LogP contribution in [0.3, 0.4) is 0 Å². The van der Waals surface area contributed by atoms with Crippen LogP contribution in [0.5, 0.6) is 11.5 Å². The van der Waals surface area contributed by atoms with E-state index in [1.807, 2.05) is 38.1 Å². The van der Waals surface area contributed by atoms with E-state index in [2.05, 4.69) is 0 Å². The van der Waals surface area contributed by atoms with Gasteiger partial charge in [0.05, 0.1) is 6.10 Å². The fraction of sp³-hybridized carbons (Fsp3) is 0.316. The SMILES string of the molecule is COCOc1ccc(C(=O)Cc2ccc(OC(C)C)cc2)cc1. The molecule has 0 saturated heterocycles. The van der Waals surface area contributed by atoms with E-state index in [-0.39, 0.29) is 18.7 Å². The molecule has 0 atom stereocenters. The first kappa shape index (κ1) is 17.0. The van der Waals surface area contributed by atoms with Crippen molar-refractivity contribution in [1.29, 1.82) is 0 Å². The monoisotopic (exact) mass is 314 g/mol. The molecule has 0 aliphatic rings. The van der Waals surface area contributed by atoms with Gasteiger partial charge in [0.1, 0.15) is 11.5 Å². The first-order valence-corrected chi connectivity index (χ1v) is 7.59. The number of Topliss-reactive ketones (excluding diaryl/α,β-unsaturated/α-hetero) is 1. The molecule has 0 aromatic heterocycles. The van der Waals surface area contributed by atoms with Crippen molar-refractivity contribution in [3.05, 3.63) is 59.7 Å². The molecule has 0 unspecified atom stereocenters. The van der Waals surface area contributed by atoms with Gasteiger partial charge in [-0.2, -0.15) is 0 Å². The van der Waals surface area contributed by atoms with E-state index in [0.29, 0.717) is 17.7 Å². The van der Waals surface area contributed by atoms with Crippen molar-refractivity contribution in [3.8, 4) is 11.5 Å². The number of hydrogen-bond donors (Lipinski definition) is 0. The van der Waals surface area contributed by atoms with Crippen LogP contribution in [0.2, 0.25) is 0 Å². The van der Waals surface area contributed by atoms with E-state index in [9.17, 15) is 4.79 Å². The number of ether oxygens (including phenoxy) is 3. The topological polar surface area (TPSA) is 44.8 Å². The molecule has 2 aromatic rings. The van der Waals surface area contributed by atoms with E-state index < -0.39 is 0 Å². The van der Waals surface area contributed by atoms with E-state index in [0.717, 1.165) is 11.3 Å². The lowest BCUT2D eigenvalue weighted by atomic mass is 10.0. The highest BCUT2D eigenvalue weighted by atomic mass is 16.7. The van der Waals surface area contributed by atoms with Crippen molar-refractivity contribution in [2.45, 2.75) is 26.4 Å². The van der Waals surface area contributed by atoms with Crippen LogP contribution >= 0.6 is 0 Å². The summed E-state index contributed by atoms with van der Waals surface area (Å²) < 4.78 is 15.7. The molecule has 4 nitrogen and oxygen atoms in total. The van der Waals surface area contributed by atoms with E-state index >= 15 is 0 Å². The van der Waals surface area contributed by atoms with Gasteiger partial charge in [0.2, 0.25) is 0 Å². The zero-order chi connectivity index (χ0) is 16.7. The van der Waals surface area contributed by atoms with Gasteiger partial charge in [-0.3, -0.25) is 4.79 Å². The third-order valence-electron chi connectivity index (χ3n) is 3.18. The maximum atomic E-state index is 12.3. The summed E-state index contributed by atoms with van der Waals surface area (Å²) in [6.45, 7) is 4.16. The number of carbonyl (C=O) groups is 1. The maximum Gasteiger partial charge on any atom is 0.188 e. The summed E-state index contributed by atoms with van der Waals surface area (Å²) in [4.78, 5) is 12.3. The van der Waals surface area contributed by atoms with Crippen LogP contribution in [-0.2, 0) is 11.2 Å². The molecule has 4 heteroatoms. The Hall–Kier alpha value is -2.33. The summed E-state index contributed by atoms with van der Waals surface area (Å²) in [5.41, 5.74) is 1.63. The molecule has 0 spiro atoms. The van der Waals surface area contributed by atoms with Gasteiger partial charge >= 0.3 is 0 Å². The Morgan fingerprint density at radius 3 is 2.13 bits per heavy atom. The first-order chi connectivity index (χ1) is 11.1. The predicted molar refractivity (Wildman–Crippen MR) is 89.2 cm³/mol. The summed E-state index contributed by atoms with van der Waals surface area (Å²) >= 11 is 0. The average molecular weight is 314 g/mol. The molecule has 122 valence electrons. The molecule has 0 aliphatic carbocycles. The van der Waals surface area contributed by atoms with E-state index in [4.69, 9.17) is 14.2 Å². The number of benzene rings is 2. The van der Waals surface area contributed by atoms with Gasteiger partial charge in [-0.25, -0.2) is 0 Å². The average Bonchev–Trinajstić information content (AvgIpc) is 2.54. The number of methoxy groups -OCH3 is 1. The number of carbonyl (C=O) groups excluding carboxylic acids is 1. The van der Waals surface area contributed by atoms with Crippen LogP contribution < -0.4 is 9.47 Å². The van der Waals surface area contributed by atoms with Crippen molar-refractivity contribution in [2.75, 3.05) is 13.9 Å². The van der Waals surface area contributed by atoms with Crippen LogP contribution in [0.25, 0.3) is 0 Å². The van der Waals surface area contributed by atoms with Gasteiger partial charge in [0, 0.05) is 19.1 Å². The first-order valence-electron chi connectivity index (χ1n) is 7.59. The lowest BCUT2D eigenvalue weighted by molar-refractivity contribution is 0.0511. The lowest BCUT2D eigenvalue weighted by Crippen LogP contribution is -2.06. The Labute approximate surface area is 137 Å². The summed E-state index contributed by atoms with van der Waals surface area (Å²) in [6, 6.07) is 14.7. The Kier molecular flexibility index (Phi) is 6.18. The van der Waals surface area contributed by atoms with Gasteiger partial charge in [0.25, 0.3) is 0 Å². The minimum atomic E-state index is 0.0702. The second kappa shape index (κ2) is 8.34. The van der Waals surface area contributed by atoms with Crippen LogP contribution in [-0.4, -0.2) is 25.8 Å². The molecular formula is C19H22O4.